The first-order valence-electron chi connectivity index (χ1n) is 8.65. The van der Waals surface area contributed by atoms with E-state index < -0.39 is 0 Å². The number of hydrogen-bond donors (Lipinski definition) is 3. The number of benzene rings is 1. The Morgan fingerprint density at radius 3 is 2.48 bits per heavy atom. The van der Waals surface area contributed by atoms with Crippen molar-refractivity contribution in [2.75, 3.05) is 19.7 Å². The van der Waals surface area contributed by atoms with E-state index in [-0.39, 0.29) is 12.0 Å². The summed E-state index contributed by atoms with van der Waals surface area (Å²) in [5.74, 6) is 0.852. The molecule has 1 aromatic carbocycles. The van der Waals surface area contributed by atoms with Crippen molar-refractivity contribution in [2.45, 2.75) is 53.5 Å². The molecule has 4 nitrogen and oxygen atoms in total. The number of aliphatic hydroxyl groups excluding tert-OH is 1. The van der Waals surface area contributed by atoms with Crippen LogP contribution in [0.15, 0.2) is 29.3 Å². The first-order valence-corrected chi connectivity index (χ1v) is 8.65. The molecule has 0 heterocycles. The molecule has 0 aliphatic carbocycles. The fourth-order valence-corrected chi connectivity index (χ4v) is 2.14. The molecule has 0 aliphatic heterocycles. The molecule has 130 valence electrons. The summed E-state index contributed by atoms with van der Waals surface area (Å²) in [6.07, 6.45) is 3.07. The van der Waals surface area contributed by atoms with Gasteiger partial charge in [0.25, 0.3) is 0 Å². The van der Waals surface area contributed by atoms with E-state index in [1.54, 1.807) is 0 Å². The van der Waals surface area contributed by atoms with Crippen LogP contribution in [-0.2, 0) is 6.54 Å². The van der Waals surface area contributed by atoms with Crippen LogP contribution >= 0.6 is 0 Å². The Labute approximate surface area is 141 Å². The summed E-state index contributed by atoms with van der Waals surface area (Å²) >= 11 is 0. The number of aliphatic hydroxyl groups is 1. The van der Waals surface area contributed by atoms with Crippen LogP contribution in [0.2, 0.25) is 0 Å². The van der Waals surface area contributed by atoms with Crippen molar-refractivity contribution in [2.24, 2.45) is 10.4 Å². The maximum atomic E-state index is 9.14. The topological polar surface area (TPSA) is 56.7 Å². The number of guanidine groups is 1. The molecule has 0 unspecified atom stereocenters. The van der Waals surface area contributed by atoms with Gasteiger partial charge < -0.3 is 15.7 Å². The number of hydrogen-bond acceptors (Lipinski definition) is 2. The number of aryl methyl sites for hydroxylation is 1. The Morgan fingerprint density at radius 1 is 1.17 bits per heavy atom. The van der Waals surface area contributed by atoms with E-state index in [1.807, 2.05) is 0 Å². The molecule has 0 atom stereocenters. The first-order chi connectivity index (χ1) is 11.0. The summed E-state index contributed by atoms with van der Waals surface area (Å²) in [4.78, 5) is 4.69. The molecule has 3 N–H and O–H groups in total. The highest BCUT2D eigenvalue weighted by Crippen LogP contribution is 2.17. The number of unbranched alkanes of at least 4 members (excludes halogenated alkanes) is 1. The average molecular weight is 319 g/mol. The highest BCUT2D eigenvalue weighted by molar-refractivity contribution is 5.79. The second-order valence-electron chi connectivity index (χ2n) is 6.92. The normalized spacial score (nSPS) is 12.3. The van der Waals surface area contributed by atoms with Crippen molar-refractivity contribution in [3.63, 3.8) is 0 Å². The zero-order chi connectivity index (χ0) is 17.1. The lowest BCUT2D eigenvalue weighted by Gasteiger charge is -2.25. The van der Waals surface area contributed by atoms with Gasteiger partial charge in [-0.3, -0.25) is 0 Å². The zero-order valence-corrected chi connectivity index (χ0v) is 15.2. The third kappa shape index (κ3) is 8.60. The number of nitrogens with zero attached hydrogens (tertiary/aromatic N) is 1. The van der Waals surface area contributed by atoms with Gasteiger partial charge in [-0.2, -0.15) is 0 Å². The average Bonchev–Trinajstić information content (AvgIpc) is 2.51. The standard InChI is InChI=1S/C19H33N3O/c1-5-6-12-20-18(22-15-19(3,4)11-13-23)21-14-17-9-7-16(2)8-10-17/h7-10,23H,5-6,11-15H2,1-4H3,(H2,20,21,22). The summed E-state index contributed by atoms with van der Waals surface area (Å²) < 4.78 is 0. The van der Waals surface area contributed by atoms with E-state index in [4.69, 9.17) is 10.1 Å². The molecule has 23 heavy (non-hydrogen) atoms. The molecule has 0 bridgehead atoms. The van der Waals surface area contributed by atoms with Gasteiger partial charge in [-0.15, -0.1) is 0 Å². The van der Waals surface area contributed by atoms with E-state index in [1.165, 1.54) is 11.1 Å². The minimum Gasteiger partial charge on any atom is -0.396 e. The Balaban J connectivity index is 2.62. The van der Waals surface area contributed by atoms with Gasteiger partial charge in [0.1, 0.15) is 0 Å². The Morgan fingerprint density at radius 2 is 1.87 bits per heavy atom. The summed E-state index contributed by atoms with van der Waals surface area (Å²) in [6, 6.07) is 8.48. The van der Waals surface area contributed by atoms with Crippen LogP contribution in [0.3, 0.4) is 0 Å². The first kappa shape index (κ1) is 19.5. The predicted octanol–water partition coefficient (Wildman–Crippen LogP) is 3.24. The quantitative estimate of drug-likeness (QED) is 0.372. The van der Waals surface area contributed by atoms with Crippen LogP contribution in [0, 0.1) is 12.3 Å². The lowest BCUT2D eigenvalue weighted by molar-refractivity contribution is 0.212. The monoisotopic (exact) mass is 319 g/mol. The lowest BCUT2D eigenvalue weighted by Crippen LogP contribution is -2.42. The number of nitrogens with one attached hydrogen (secondary N) is 2. The minimum atomic E-state index is 0.0474. The number of aliphatic imine (C=N–C) groups is 1. The maximum Gasteiger partial charge on any atom is 0.191 e. The Bertz CT molecular complexity index is 466. The van der Waals surface area contributed by atoms with Crippen molar-refractivity contribution in [3.05, 3.63) is 35.4 Å². The molecule has 0 saturated carbocycles. The van der Waals surface area contributed by atoms with Crippen LogP contribution in [0.1, 0.15) is 51.2 Å². The van der Waals surface area contributed by atoms with Crippen molar-refractivity contribution in [3.8, 4) is 0 Å². The van der Waals surface area contributed by atoms with Crippen LogP contribution in [0.4, 0.5) is 0 Å². The van der Waals surface area contributed by atoms with Crippen molar-refractivity contribution < 1.29 is 5.11 Å². The SMILES string of the molecule is CCCCNC(=NCc1ccc(C)cc1)NCC(C)(C)CCO. The van der Waals surface area contributed by atoms with Crippen LogP contribution in [-0.4, -0.2) is 30.8 Å². The summed E-state index contributed by atoms with van der Waals surface area (Å²) in [5.41, 5.74) is 2.52. The molecule has 0 amide bonds. The molecular formula is C19H33N3O. The molecule has 0 spiro atoms. The summed E-state index contributed by atoms with van der Waals surface area (Å²) in [5, 5.41) is 15.9. The smallest absolute Gasteiger partial charge is 0.191 e. The highest BCUT2D eigenvalue weighted by atomic mass is 16.3. The third-order valence-electron chi connectivity index (χ3n) is 3.89. The van der Waals surface area contributed by atoms with E-state index in [0.717, 1.165) is 38.3 Å². The molecule has 0 aliphatic rings. The molecule has 4 heteroatoms. The molecule has 0 fully saturated rings. The molecule has 0 aromatic heterocycles. The molecular weight excluding hydrogens is 286 g/mol. The van der Waals surface area contributed by atoms with Crippen LogP contribution < -0.4 is 10.6 Å². The van der Waals surface area contributed by atoms with E-state index in [0.29, 0.717) is 6.54 Å². The lowest BCUT2D eigenvalue weighted by atomic mass is 9.90. The zero-order valence-electron chi connectivity index (χ0n) is 15.2. The van der Waals surface area contributed by atoms with Gasteiger partial charge in [0.05, 0.1) is 6.54 Å². The van der Waals surface area contributed by atoms with Crippen LogP contribution in [0.25, 0.3) is 0 Å². The highest BCUT2D eigenvalue weighted by Gasteiger charge is 2.17. The van der Waals surface area contributed by atoms with Gasteiger partial charge in [-0.25, -0.2) is 4.99 Å². The van der Waals surface area contributed by atoms with Crippen molar-refractivity contribution >= 4 is 5.96 Å². The fourth-order valence-electron chi connectivity index (χ4n) is 2.14. The number of rotatable bonds is 9. The van der Waals surface area contributed by atoms with Gasteiger partial charge in [-0.1, -0.05) is 57.0 Å². The second kappa shape index (κ2) is 10.3. The largest absolute Gasteiger partial charge is 0.396 e. The van der Waals surface area contributed by atoms with E-state index >= 15 is 0 Å². The van der Waals surface area contributed by atoms with Gasteiger partial charge in [0.2, 0.25) is 0 Å². The molecule has 1 rings (SSSR count). The van der Waals surface area contributed by atoms with Gasteiger partial charge in [-0.05, 0) is 30.7 Å². The fraction of sp³-hybridized carbons (Fsp3) is 0.632. The van der Waals surface area contributed by atoms with Crippen molar-refractivity contribution in [1.82, 2.24) is 10.6 Å². The van der Waals surface area contributed by atoms with Gasteiger partial charge in [0, 0.05) is 19.7 Å². The minimum absolute atomic E-state index is 0.0474. The van der Waals surface area contributed by atoms with Crippen molar-refractivity contribution in [1.29, 1.82) is 0 Å². The Kier molecular flexibility index (Phi) is 8.70. The van der Waals surface area contributed by atoms with E-state index in [9.17, 15) is 0 Å². The summed E-state index contributed by atoms with van der Waals surface area (Å²) in [7, 11) is 0. The maximum absolute atomic E-state index is 9.14. The van der Waals surface area contributed by atoms with Gasteiger partial charge in [0.15, 0.2) is 5.96 Å². The third-order valence-corrected chi connectivity index (χ3v) is 3.89. The predicted molar refractivity (Wildman–Crippen MR) is 98.7 cm³/mol. The second-order valence-corrected chi connectivity index (χ2v) is 6.92. The molecule has 0 radical (unpaired) electrons. The summed E-state index contributed by atoms with van der Waals surface area (Å²) in [6.45, 7) is 11.2. The van der Waals surface area contributed by atoms with E-state index in [2.05, 4.69) is 62.6 Å². The molecule has 0 saturated heterocycles. The molecule has 1 aromatic rings. The van der Waals surface area contributed by atoms with Crippen LogP contribution in [0.5, 0.6) is 0 Å². The van der Waals surface area contributed by atoms with Gasteiger partial charge >= 0.3 is 0 Å². The Hall–Kier alpha value is -1.55.